The maximum absolute atomic E-state index is 6.25. The highest BCUT2D eigenvalue weighted by Gasteiger charge is 2.17. The molecule has 0 bridgehead atoms. The molecule has 20 heavy (non-hydrogen) atoms. The van der Waals surface area contributed by atoms with Gasteiger partial charge in [-0.25, -0.2) is 0 Å². The van der Waals surface area contributed by atoms with Gasteiger partial charge in [-0.3, -0.25) is 0 Å². The van der Waals surface area contributed by atoms with Crippen LogP contribution in [0.2, 0.25) is 0 Å². The SMILES string of the molecule is CC(C)(C)c1ccc(C(N)COC2CCCCC2)cc1. The fourth-order valence-corrected chi connectivity index (χ4v) is 2.80. The lowest BCUT2D eigenvalue weighted by Crippen LogP contribution is -2.24. The second kappa shape index (κ2) is 6.73. The van der Waals surface area contributed by atoms with E-state index < -0.39 is 0 Å². The molecule has 1 saturated carbocycles. The first-order valence-corrected chi connectivity index (χ1v) is 7.94. The van der Waals surface area contributed by atoms with Crippen LogP contribution in [-0.2, 0) is 10.2 Å². The summed E-state index contributed by atoms with van der Waals surface area (Å²) in [5.41, 5.74) is 8.97. The Morgan fingerprint density at radius 1 is 1.10 bits per heavy atom. The lowest BCUT2D eigenvalue weighted by Gasteiger charge is -2.24. The van der Waals surface area contributed by atoms with Gasteiger partial charge in [0, 0.05) is 0 Å². The Balaban J connectivity index is 1.87. The van der Waals surface area contributed by atoms with E-state index in [4.69, 9.17) is 10.5 Å². The van der Waals surface area contributed by atoms with Crippen molar-refractivity contribution in [2.45, 2.75) is 70.4 Å². The van der Waals surface area contributed by atoms with Crippen molar-refractivity contribution in [3.05, 3.63) is 35.4 Å². The second-order valence-electron chi connectivity index (χ2n) is 7.07. The van der Waals surface area contributed by atoms with Gasteiger partial charge in [-0.1, -0.05) is 64.3 Å². The summed E-state index contributed by atoms with van der Waals surface area (Å²) < 4.78 is 5.97. The highest BCUT2D eigenvalue weighted by Crippen LogP contribution is 2.25. The number of rotatable bonds is 4. The standard InChI is InChI=1S/C18H29NO/c1-18(2,3)15-11-9-14(10-12-15)17(19)13-20-16-7-5-4-6-8-16/h9-12,16-17H,4-8,13,19H2,1-3H3. The lowest BCUT2D eigenvalue weighted by atomic mass is 9.86. The zero-order valence-electron chi connectivity index (χ0n) is 13.2. The van der Waals surface area contributed by atoms with Crippen molar-refractivity contribution in [2.75, 3.05) is 6.61 Å². The Morgan fingerprint density at radius 3 is 2.25 bits per heavy atom. The summed E-state index contributed by atoms with van der Waals surface area (Å²) in [5, 5.41) is 0. The van der Waals surface area contributed by atoms with E-state index in [0.717, 1.165) is 0 Å². The molecular formula is C18H29NO. The summed E-state index contributed by atoms with van der Waals surface area (Å²) in [5.74, 6) is 0. The van der Waals surface area contributed by atoms with Gasteiger partial charge >= 0.3 is 0 Å². The predicted octanol–water partition coefficient (Wildman–Crippen LogP) is 4.33. The van der Waals surface area contributed by atoms with Crippen LogP contribution in [0.25, 0.3) is 0 Å². The van der Waals surface area contributed by atoms with E-state index in [9.17, 15) is 0 Å². The molecule has 1 fully saturated rings. The van der Waals surface area contributed by atoms with E-state index in [1.54, 1.807) is 0 Å². The molecule has 0 radical (unpaired) electrons. The number of hydrogen-bond donors (Lipinski definition) is 1. The fourth-order valence-electron chi connectivity index (χ4n) is 2.80. The van der Waals surface area contributed by atoms with Crippen LogP contribution >= 0.6 is 0 Å². The van der Waals surface area contributed by atoms with Crippen LogP contribution in [0.5, 0.6) is 0 Å². The maximum Gasteiger partial charge on any atom is 0.0663 e. The molecule has 1 aromatic carbocycles. The molecular weight excluding hydrogens is 246 g/mol. The molecule has 0 heterocycles. The van der Waals surface area contributed by atoms with Gasteiger partial charge < -0.3 is 10.5 Å². The quantitative estimate of drug-likeness (QED) is 0.887. The normalized spacial score (nSPS) is 19.0. The van der Waals surface area contributed by atoms with E-state index in [1.807, 2.05) is 0 Å². The molecule has 1 unspecified atom stereocenters. The third-order valence-corrected chi connectivity index (χ3v) is 4.27. The first-order chi connectivity index (χ1) is 9.47. The largest absolute Gasteiger partial charge is 0.376 e. The molecule has 1 aliphatic carbocycles. The van der Waals surface area contributed by atoms with Crippen LogP contribution in [0, 0.1) is 0 Å². The molecule has 0 aromatic heterocycles. The van der Waals surface area contributed by atoms with Crippen molar-refractivity contribution in [1.82, 2.24) is 0 Å². The molecule has 1 atom stereocenters. The van der Waals surface area contributed by atoms with Crippen molar-refractivity contribution < 1.29 is 4.74 Å². The van der Waals surface area contributed by atoms with E-state index in [0.29, 0.717) is 12.7 Å². The Labute approximate surface area is 123 Å². The Morgan fingerprint density at radius 2 is 1.70 bits per heavy atom. The molecule has 2 heteroatoms. The zero-order chi connectivity index (χ0) is 14.6. The van der Waals surface area contributed by atoms with Gasteiger partial charge in [0.25, 0.3) is 0 Å². The summed E-state index contributed by atoms with van der Waals surface area (Å²) in [7, 11) is 0. The predicted molar refractivity (Wildman–Crippen MR) is 84.9 cm³/mol. The number of ether oxygens (including phenoxy) is 1. The fraction of sp³-hybridized carbons (Fsp3) is 0.667. The molecule has 1 aliphatic rings. The molecule has 0 saturated heterocycles. The summed E-state index contributed by atoms with van der Waals surface area (Å²) in [4.78, 5) is 0. The van der Waals surface area contributed by atoms with Gasteiger partial charge in [-0.2, -0.15) is 0 Å². The summed E-state index contributed by atoms with van der Waals surface area (Å²) in [6.45, 7) is 7.33. The van der Waals surface area contributed by atoms with Gasteiger partial charge in [-0.05, 0) is 29.4 Å². The Bertz CT molecular complexity index is 398. The van der Waals surface area contributed by atoms with Gasteiger partial charge in [0.1, 0.15) is 0 Å². The average molecular weight is 275 g/mol. The highest BCUT2D eigenvalue weighted by molar-refractivity contribution is 5.29. The van der Waals surface area contributed by atoms with Crippen LogP contribution < -0.4 is 5.73 Å². The topological polar surface area (TPSA) is 35.2 Å². The Kier molecular flexibility index (Phi) is 5.22. The van der Waals surface area contributed by atoms with E-state index >= 15 is 0 Å². The van der Waals surface area contributed by atoms with Crippen LogP contribution in [-0.4, -0.2) is 12.7 Å². The minimum Gasteiger partial charge on any atom is -0.376 e. The number of hydrogen-bond acceptors (Lipinski definition) is 2. The van der Waals surface area contributed by atoms with Crippen LogP contribution in [0.3, 0.4) is 0 Å². The van der Waals surface area contributed by atoms with Gasteiger partial charge in [0.05, 0.1) is 18.8 Å². The zero-order valence-corrected chi connectivity index (χ0v) is 13.2. The van der Waals surface area contributed by atoms with Crippen LogP contribution in [0.1, 0.15) is 70.0 Å². The summed E-state index contributed by atoms with van der Waals surface area (Å²) in [6.07, 6.45) is 6.81. The molecule has 2 rings (SSSR count). The molecule has 0 aliphatic heterocycles. The van der Waals surface area contributed by atoms with Crippen molar-refractivity contribution in [1.29, 1.82) is 0 Å². The monoisotopic (exact) mass is 275 g/mol. The molecule has 0 spiro atoms. The van der Waals surface area contributed by atoms with Crippen molar-refractivity contribution in [2.24, 2.45) is 5.73 Å². The van der Waals surface area contributed by atoms with Crippen molar-refractivity contribution in [3.8, 4) is 0 Å². The molecule has 1 aromatic rings. The first kappa shape index (κ1) is 15.5. The summed E-state index contributed by atoms with van der Waals surface area (Å²) in [6, 6.07) is 8.67. The average Bonchev–Trinajstić information content (AvgIpc) is 2.45. The first-order valence-electron chi connectivity index (χ1n) is 7.94. The van der Waals surface area contributed by atoms with Crippen molar-refractivity contribution in [3.63, 3.8) is 0 Å². The molecule has 2 N–H and O–H groups in total. The highest BCUT2D eigenvalue weighted by atomic mass is 16.5. The third-order valence-electron chi connectivity index (χ3n) is 4.27. The van der Waals surface area contributed by atoms with E-state index in [1.165, 1.54) is 43.2 Å². The van der Waals surface area contributed by atoms with Crippen molar-refractivity contribution >= 4 is 0 Å². The number of nitrogens with two attached hydrogens (primary N) is 1. The lowest BCUT2D eigenvalue weighted by molar-refractivity contribution is 0.0206. The minimum absolute atomic E-state index is 0.00838. The van der Waals surface area contributed by atoms with E-state index in [-0.39, 0.29) is 11.5 Å². The molecule has 2 nitrogen and oxygen atoms in total. The number of benzene rings is 1. The van der Waals surface area contributed by atoms with Gasteiger partial charge in [-0.15, -0.1) is 0 Å². The van der Waals surface area contributed by atoms with Crippen LogP contribution in [0.4, 0.5) is 0 Å². The molecule has 112 valence electrons. The third kappa shape index (κ3) is 4.32. The summed E-state index contributed by atoms with van der Waals surface area (Å²) >= 11 is 0. The minimum atomic E-state index is -0.00838. The smallest absolute Gasteiger partial charge is 0.0663 e. The Hall–Kier alpha value is -0.860. The molecule has 0 amide bonds. The van der Waals surface area contributed by atoms with Crippen LogP contribution in [0.15, 0.2) is 24.3 Å². The van der Waals surface area contributed by atoms with Gasteiger partial charge in [0.2, 0.25) is 0 Å². The van der Waals surface area contributed by atoms with E-state index in [2.05, 4.69) is 45.0 Å². The maximum atomic E-state index is 6.25. The second-order valence-corrected chi connectivity index (χ2v) is 7.07. The van der Waals surface area contributed by atoms with Gasteiger partial charge in [0.15, 0.2) is 0 Å².